The van der Waals surface area contributed by atoms with Gasteiger partial charge in [0.2, 0.25) is 0 Å². The number of alkyl halides is 5. The lowest BCUT2D eigenvalue weighted by atomic mass is 10.2. The molecule has 0 rings (SSSR count). The highest BCUT2D eigenvalue weighted by atomic mass is 35.5. The van der Waals surface area contributed by atoms with Crippen molar-refractivity contribution in [1.29, 1.82) is 0 Å². The molecule has 0 aliphatic carbocycles. The van der Waals surface area contributed by atoms with E-state index in [2.05, 4.69) is 0 Å². The predicted octanol–water partition coefficient (Wildman–Crippen LogP) is 3.25. The maximum absolute atomic E-state index is 12.4. The highest BCUT2D eigenvalue weighted by molar-refractivity contribution is 6.22. The molecule has 62 valence electrons. The minimum Gasteiger partial charge on any atom is -0.226 e. The van der Waals surface area contributed by atoms with Crippen LogP contribution in [0.1, 0.15) is 19.8 Å². The summed E-state index contributed by atoms with van der Waals surface area (Å²) in [6.45, 7) is 1.26. The first-order valence-corrected chi connectivity index (χ1v) is 3.09. The van der Waals surface area contributed by atoms with Crippen molar-refractivity contribution in [2.45, 2.75) is 31.1 Å². The van der Waals surface area contributed by atoms with Gasteiger partial charge in [0.25, 0.3) is 0 Å². The summed E-state index contributed by atoms with van der Waals surface area (Å²) in [6, 6.07) is 0. The molecule has 0 aliphatic rings. The van der Waals surface area contributed by atoms with Crippen LogP contribution >= 0.6 is 11.6 Å². The standard InChI is InChI=1S/C5H7ClF4/c1-2-4(6,7)3-5(8,9)10/h2-3H2,1H3. The maximum atomic E-state index is 12.4. The number of hydrogen-bond donors (Lipinski definition) is 0. The molecule has 1 atom stereocenters. The summed E-state index contributed by atoms with van der Waals surface area (Å²) in [6.07, 6.45) is -6.45. The molecule has 0 N–H and O–H groups in total. The third kappa shape index (κ3) is 4.85. The van der Waals surface area contributed by atoms with Gasteiger partial charge in [0.1, 0.15) is 0 Å². The van der Waals surface area contributed by atoms with Gasteiger partial charge in [-0.3, -0.25) is 0 Å². The average Bonchev–Trinajstić information content (AvgIpc) is 1.60. The van der Waals surface area contributed by atoms with Crippen LogP contribution < -0.4 is 0 Å². The Balaban J connectivity index is 3.89. The summed E-state index contributed by atoms with van der Waals surface area (Å²) in [5, 5.41) is -2.63. The molecule has 0 heterocycles. The highest BCUT2D eigenvalue weighted by Crippen LogP contribution is 2.35. The Morgan fingerprint density at radius 3 is 1.70 bits per heavy atom. The van der Waals surface area contributed by atoms with Crippen LogP contribution in [0.5, 0.6) is 0 Å². The van der Waals surface area contributed by atoms with Crippen molar-refractivity contribution < 1.29 is 17.6 Å². The number of halogens is 5. The van der Waals surface area contributed by atoms with E-state index >= 15 is 0 Å². The van der Waals surface area contributed by atoms with Crippen molar-refractivity contribution >= 4 is 11.6 Å². The Hall–Kier alpha value is 0.01000. The summed E-state index contributed by atoms with van der Waals surface area (Å²) < 4.78 is 46.6. The molecule has 0 aliphatic heterocycles. The molecule has 0 fully saturated rings. The lowest BCUT2D eigenvalue weighted by molar-refractivity contribution is -0.151. The van der Waals surface area contributed by atoms with Crippen molar-refractivity contribution in [2.24, 2.45) is 0 Å². The smallest absolute Gasteiger partial charge is 0.226 e. The summed E-state index contributed by atoms with van der Waals surface area (Å²) in [4.78, 5) is 0. The molecule has 0 nitrogen and oxygen atoms in total. The first-order valence-electron chi connectivity index (χ1n) is 2.71. The van der Waals surface area contributed by atoms with E-state index < -0.39 is 17.7 Å². The zero-order chi connectivity index (χ0) is 8.41. The first-order chi connectivity index (χ1) is 4.27. The van der Waals surface area contributed by atoms with E-state index in [9.17, 15) is 17.6 Å². The number of hydrogen-bond acceptors (Lipinski definition) is 0. The highest BCUT2D eigenvalue weighted by Gasteiger charge is 2.40. The van der Waals surface area contributed by atoms with E-state index in [1.165, 1.54) is 6.92 Å². The molecule has 0 saturated heterocycles. The first kappa shape index (κ1) is 10.0. The fourth-order valence-corrected chi connectivity index (χ4v) is 0.570. The molecule has 0 aromatic rings. The van der Waals surface area contributed by atoms with Gasteiger partial charge in [0.05, 0.1) is 6.42 Å². The Kier molecular flexibility index (Phi) is 2.95. The minimum atomic E-state index is -4.52. The quantitative estimate of drug-likeness (QED) is 0.450. The van der Waals surface area contributed by atoms with Crippen molar-refractivity contribution in [3.05, 3.63) is 0 Å². The second-order valence-corrected chi connectivity index (χ2v) is 2.68. The van der Waals surface area contributed by atoms with E-state index in [0.29, 0.717) is 0 Å². The van der Waals surface area contributed by atoms with Gasteiger partial charge in [-0.2, -0.15) is 13.2 Å². The van der Waals surface area contributed by atoms with Crippen LogP contribution in [-0.2, 0) is 0 Å². The minimum absolute atomic E-state index is 0.339. The fourth-order valence-electron chi connectivity index (χ4n) is 0.418. The van der Waals surface area contributed by atoms with Crippen LogP contribution in [0.15, 0.2) is 0 Å². The lowest BCUT2D eigenvalue weighted by Gasteiger charge is -2.16. The SMILES string of the molecule is CCC(F)(Cl)CC(F)(F)F. The second kappa shape index (κ2) is 2.95. The fraction of sp³-hybridized carbons (Fsp3) is 1.00. The van der Waals surface area contributed by atoms with Crippen LogP contribution in [0, 0.1) is 0 Å². The molecular formula is C5H7ClF4. The van der Waals surface area contributed by atoms with Crippen LogP contribution in [0.25, 0.3) is 0 Å². The Labute approximate surface area is 61.2 Å². The summed E-state index contributed by atoms with van der Waals surface area (Å²) in [5.41, 5.74) is 0. The monoisotopic (exact) mass is 178 g/mol. The molecule has 0 bridgehead atoms. The van der Waals surface area contributed by atoms with Gasteiger partial charge < -0.3 is 0 Å². The van der Waals surface area contributed by atoms with Gasteiger partial charge in [-0.05, 0) is 6.42 Å². The Morgan fingerprint density at radius 2 is 1.60 bits per heavy atom. The van der Waals surface area contributed by atoms with Crippen LogP contribution in [-0.4, -0.2) is 11.3 Å². The largest absolute Gasteiger partial charge is 0.393 e. The van der Waals surface area contributed by atoms with Gasteiger partial charge in [-0.25, -0.2) is 4.39 Å². The van der Waals surface area contributed by atoms with Crippen molar-refractivity contribution in [1.82, 2.24) is 0 Å². The second-order valence-electron chi connectivity index (χ2n) is 2.00. The summed E-state index contributed by atoms with van der Waals surface area (Å²) >= 11 is 4.82. The maximum Gasteiger partial charge on any atom is 0.393 e. The van der Waals surface area contributed by atoms with Crippen molar-refractivity contribution in [3.8, 4) is 0 Å². The predicted molar refractivity (Wildman–Crippen MR) is 30.7 cm³/mol. The van der Waals surface area contributed by atoms with Gasteiger partial charge >= 0.3 is 6.18 Å². The zero-order valence-corrected chi connectivity index (χ0v) is 6.06. The summed E-state index contributed by atoms with van der Waals surface area (Å²) in [7, 11) is 0. The molecule has 1 unspecified atom stereocenters. The molecular weight excluding hydrogens is 171 g/mol. The van der Waals surface area contributed by atoms with Gasteiger partial charge in [-0.1, -0.05) is 18.5 Å². The third-order valence-corrected chi connectivity index (χ3v) is 1.38. The van der Waals surface area contributed by atoms with Crippen LogP contribution in [0.4, 0.5) is 17.6 Å². The average molecular weight is 179 g/mol. The van der Waals surface area contributed by atoms with E-state index in [4.69, 9.17) is 11.6 Å². The molecule has 0 aromatic heterocycles. The molecule has 0 amide bonds. The molecule has 0 saturated carbocycles. The topological polar surface area (TPSA) is 0 Å². The molecule has 10 heavy (non-hydrogen) atoms. The normalized spacial score (nSPS) is 18.6. The third-order valence-electron chi connectivity index (χ3n) is 0.976. The van der Waals surface area contributed by atoms with Gasteiger partial charge in [0.15, 0.2) is 5.13 Å². The molecule has 5 heteroatoms. The van der Waals surface area contributed by atoms with Crippen LogP contribution in [0.3, 0.4) is 0 Å². The van der Waals surface area contributed by atoms with E-state index in [0.717, 1.165) is 0 Å². The van der Waals surface area contributed by atoms with E-state index in [-0.39, 0.29) is 6.42 Å². The Morgan fingerprint density at radius 1 is 1.20 bits per heavy atom. The zero-order valence-electron chi connectivity index (χ0n) is 5.30. The van der Waals surface area contributed by atoms with E-state index in [1.807, 2.05) is 0 Å². The number of rotatable bonds is 2. The molecule has 0 spiro atoms. The van der Waals surface area contributed by atoms with Gasteiger partial charge in [0, 0.05) is 0 Å². The molecule has 0 radical (unpaired) electrons. The summed E-state index contributed by atoms with van der Waals surface area (Å²) in [5.74, 6) is 0. The Bertz CT molecular complexity index is 107. The van der Waals surface area contributed by atoms with Crippen LogP contribution in [0.2, 0.25) is 0 Å². The van der Waals surface area contributed by atoms with Crippen molar-refractivity contribution in [3.63, 3.8) is 0 Å². The van der Waals surface area contributed by atoms with Gasteiger partial charge in [-0.15, -0.1) is 0 Å². The van der Waals surface area contributed by atoms with E-state index in [1.54, 1.807) is 0 Å². The van der Waals surface area contributed by atoms with Crippen molar-refractivity contribution in [2.75, 3.05) is 0 Å². The molecule has 0 aromatic carbocycles. The lowest BCUT2D eigenvalue weighted by Crippen LogP contribution is -2.23.